The Labute approximate surface area is 300 Å². The maximum absolute atomic E-state index is 11.4. The smallest absolute Gasteiger partial charge is 0.261 e. The molecule has 290 valence electrons. The number of aliphatic hydroxyl groups is 3. The summed E-state index contributed by atoms with van der Waals surface area (Å²) in [6.07, 6.45) is 36.2. The van der Waals surface area contributed by atoms with Crippen LogP contribution in [0.1, 0.15) is 194 Å². The molecular weight excluding hydrogens is 618 g/mol. The second kappa shape index (κ2) is 38.7. The van der Waals surface area contributed by atoms with E-state index >= 15 is 0 Å². The summed E-state index contributed by atoms with van der Waals surface area (Å²) in [5.41, 5.74) is 15.3. The fourth-order valence-corrected chi connectivity index (χ4v) is 5.71. The predicted octanol–water partition coefficient (Wildman–Crippen LogP) is 8.36. The molecule has 9 N–H and O–H groups in total. The van der Waals surface area contributed by atoms with Crippen molar-refractivity contribution in [1.29, 1.82) is 0 Å². The van der Waals surface area contributed by atoms with E-state index in [0.29, 0.717) is 0 Å². The molecule has 0 aromatic carbocycles. The van der Waals surface area contributed by atoms with E-state index in [4.69, 9.17) is 21.9 Å². The van der Waals surface area contributed by atoms with Gasteiger partial charge in [-0.25, -0.2) is 0 Å². The maximum Gasteiger partial charge on any atom is 0.261 e. The van der Waals surface area contributed by atoms with Gasteiger partial charge in [0.2, 0.25) is 12.0 Å². The summed E-state index contributed by atoms with van der Waals surface area (Å²) in [5.74, 6) is -2.26. The lowest BCUT2D eigenvalue weighted by Crippen LogP contribution is -2.53. The van der Waals surface area contributed by atoms with Crippen molar-refractivity contribution in [1.82, 2.24) is 0 Å². The summed E-state index contributed by atoms with van der Waals surface area (Å²) in [5, 5.41) is 29.0. The SMILES string of the molecule is CCCCCCCCCCCCCCC/C=C/N.CCCCCCCCCCCCCCC/C=C/O[C@@H](C(N)=O)[C@@H](O)[C@H](O)[C@H](O)C(N)=O. The quantitative estimate of drug-likeness (QED) is 0.0284. The van der Waals surface area contributed by atoms with Crippen molar-refractivity contribution in [3.63, 3.8) is 0 Å². The largest absolute Gasteiger partial charge is 0.486 e. The predicted molar refractivity (Wildman–Crippen MR) is 204 cm³/mol. The molecule has 0 radical (unpaired) electrons. The van der Waals surface area contributed by atoms with Gasteiger partial charge in [-0.15, -0.1) is 0 Å². The molecule has 0 aliphatic carbocycles. The van der Waals surface area contributed by atoms with E-state index < -0.39 is 36.2 Å². The zero-order chi connectivity index (χ0) is 36.8. The number of rotatable bonds is 35. The van der Waals surface area contributed by atoms with E-state index in [9.17, 15) is 24.9 Å². The minimum absolute atomic E-state index is 0.742. The lowest BCUT2D eigenvalue weighted by atomic mass is 10.0. The van der Waals surface area contributed by atoms with Crippen LogP contribution in [0.25, 0.3) is 0 Å². The number of hydrogen-bond acceptors (Lipinski definition) is 7. The number of unbranched alkanes of at least 4 members (excludes halogenated alkanes) is 26. The van der Waals surface area contributed by atoms with Gasteiger partial charge in [0, 0.05) is 0 Å². The number of aliphatic hydroxyl groups excluding tert-OH is 3. The summed E-state index contributed by atoms with van der Waals surface area (Å²) >= 11 is 0. The fraction of sp³-hybridized carbons (Fsp3) is 0.850. The van der Waals surface area contributed by atoms with Crippen molar-refractivity contribution in [2.45, 2.75) is 218 Å². The van der Waals surface area contributed by atoms with E-state index in [2.05, 4.69) is 19.9 Å². The minimum atomic E-state index is -2.03. The number of nitrogens with two attached hydrogens (primary N) is 3. The first kappa shape index (κ1) is 49.0. The molecule has 0 saturated carbocycles. The Balaban J connectivity index is 0. The van der Waals surface area contributed by atoms with Gasteiger partial charge in [0.1, 0.15) is 12.2 Å². The summed E-state index contributed by atoms with van der Waals surface area (Å²) in [6, 6.07) is 0. The molecule has 0 spiro atoms. The van der Waals surface area contributed by atoms with Crippen LogP contribution < -0.4 is 17.2 Å². The second-order valence-corrected chi connectivity index (χ2v) is 13.7. The summed E-state index contributed by atoms with van der Waals surface area (Å²) in [7, 11) is 0. The summed E-state index contributed by atoms with van der Waals surface area (Å²) in [6.45, 7) is 4.52. The molecule has 0 aromatic heterocycles. The molecule has 0 aliphatic heterocycles. The van der Waals surface area contributed by atoms with Crippen molar-refractivity contribution in [2.24, 2.45) is 17.2 Å². The van der Waals surface area contributed by atoms with Gasteiger partial charge in [-0.3, -0.25) is 9.59 Å². The van der Waals surface area contributed by atoms with Crippen LogP contribution in [0.5, 0.6) is 0 Å². The first-order valence-corrected chi connectivity index (χ1v) is 20.0. The van der Waals surface area contributed by atoms with Crippen molar-refractivity contribution >= 4 is 11.8 Å². The number of ether oxygens (including phenoxy) is 1. The highest BCUT2D eigenvalue weighted by Gasteiger charge is 2.37. The zero-order valence-corrected chi connectivity index (χ0v) is 31.7. The van der Waals surface area contributed by atoms with Gasteiger partial charge in [0.05, 0.1) is 6.26 Å². The zero-order valence-electron chi connectivity index (χ0n) is 31.7. The monoisotopic (exact) mass is 698 g/mol. The number of hydrogen-bond donors (Lipinski definition) is 6. The molecule has 0 rings (SSSR count). The highest BCUT2D eigenvalue weighted by Crippen LogP contribution is 2.15. The van der Waals surface area contributed by atoms with Gasteiger partial charge in [-0.05, 0) is 38.0 Å². The molecular formula is C40H79N3O6. The van der Waals surface area contributed by atoms with Gasteiger partial charge in [0.25, 0.3) is 5.91 Å². The normalized spacial score (nSPS) is 14.0. The first-order chi connectivity index (χ1) is 23.7. The van der Waals surface area contributed by atoms with E-state index in [1.54, 1.807) is 12.3 Å². The van der Waals surface area contributed by atoms with Crippen LogP contribution in [0.4, 0.5) is 0 Å². The van der Waals surface area contributed by atoms with Crippen LogP contribution in [-0.2, 0) is 14.3 Å². The molecule has 0 heterocycles. The third-order valence-corrected chi connectivity index (χ3v) is 8.96. The number of carbonyl (C=O) groups is 2. The van der Waals surface area contributed by atoms with E-state index in [0.717, 1.165) is 25.7 Å². The van der Waals surface area contributed by atoms with Crippen molar-refractivity contribution in [3.05, 3.63) is 24.6 Å². The summed E-state index contributed by atoms with van der Waals surface area (Å²) < 4.78 is 5.10. The molecule has 0 unspecified atom stereocenters. The lowest BCUT2D eigenvalue weighted by molar-refractivity contribution is -0.152. The highest BCUT2D eigenvalue weighted by molar-refractivity contribution is 5.81. The van der Waals surface area contributed by atoms with Crippen LogP contribution in [0.15, 0.2) is 24.6 Å². The van der Waals surface area contributed by atoms with Gasteiger partial charge >= 0.3 is 0 Å². The molecule has 4 atom stereocenters. The third-order valence-electron chi connectivity index (χ3n) is 8.96. The topological polar surface area (TPSA) is 182 Å². The van der Waals surface area contributed by atoms with Crippen molar-refractivity contribution < 1.29 is 29.6 Å². The second-order valence-electron chi connectivity index (χ2n) is 13.7. The van der Waals surface area contributed by atoms with Gasteiger partial charge in [0.15, 0.2) is 6.10 Å². The van der Waals surface area contributed by atoms with Gasteiger partial charge < -0.3 is 37.3 Å². The van der Waals surface area contributed by atoms with Gasteiger partial charge in [-0.2, -0.15) is 0 Å². The molecule has 49 heavy (non-hydrogen) atoms. The molecule has 9 nitrogen and oxygen atoms in total. The standard InChI is InChI=1S/C23H44N2O6.C17H35N/c1-2-3-4-5-6-7-8-9-10-11-12-13-14-15-16-17-31-21(23(25)30)19(27)18(26)20(28)22(24)29;1-2-3-4-5-6-7-8-9-10-11-12-13-14-15-16-17-18/h16-21,26-28H,2-15H2,1H3,(H2,24,29)(H2,25,30);16-17H,2-15,18H2,1H3/b2*17-16+/t18-,19-,20-,21+;/m0./s1. The Morgan fingerprint density at radius 3 is 1.14 bits per heavy atom. The molecule has 0 aromatic rings. The van der Waals surface area contributed by atoms with E-state index in [-0.39, 0.29) is 0 Å². The average molecular weight is 698 g/mol. The van der Waals surface area contributed by atoms with Crippen LogP contribution in [0.3, 0.4) is 0 Å². The van der Waals surface area contributed by atoms with E-state index in [1.165, 1.54) is 160 Å². The van der Waals surface area contributed by atoms with Crippen molar-refractivity contribution in [2.75, 3.05) is 0 Å². The van der Waals surface area contributed by atoms with Crippen molar-refractivity contribution in [3.8, 4) is 0 Å². The Morgan fingerprint density at radius 1 is 0.510 bits per heavy atom. The first-order valence-electron chi connectivity index (χ1n) is 20.0. The molecule has 9 heteroatoms. The number of primary amides is 2. The number of allylic oxidation sites excluding steroid dienone is 2. The van der Waals surface area contributed by atoms with Gasteiger partial charge in [-0.1, -0.05) is 174 Å². The Morgan fingerprint density at radius 2 is 0.837 bits per heavy atom. The Hall–Kier alpha value is -2.10. The Kier molecular flexibility index (Phi) is 38.7. The van der Waals surface area contributed by atoms with Crippen LogP contribution >= 0.6 is 0 Å². The Bertz CT molecular complexity index is 779. The maximum atomic E-state index is 11.4. The number of carbonyl (C=O) groups excluding carboxylic acids is 2. The number of amides is 2. The average Bonchev–Trinajstić information content (AvgIpc) is 3.09. The fourth-order valence-electron chi connectivity index (χ4n) is 5.71. The van der Waals surface area contributed by atoms with Crippen LogP contribution in [0, 0.1) is 0 Å². The molecule has 0 saturated heterocycles. The molecule has 0 aliphatic rings. The third kappa shape index (κ3) is 34.1. The van der Waals surface area contributed by atoms with Crippen LogP contribution in [0.2, 0.25) is 0 Å². The molecule has 0 fully saturated rings. The lowest BCUT2D eigenvalue weighted by Gasteiger charge is -2.25. The van der Waals surface area contributed by atoms with E-state index in [1.807, 2.05) is 0 Å². The molecule has 2 amide bonds. The highest BCUT2D eigenvalue weighted by atomic mass is 16.5. The summed E-state index contributed by atoms with van der Waals surface area (Å²) in [4.78, 5) is 22.3. The van der Waals surface area contributed by atoms with Crippen LogP contribution in [-0.4, -0.2) is 51.5 Å². The molecule has 0 bridgehead atoms. The minimum Gasteiger partial charge on any atom is -0.486 e.